The Bertz CT molecular complexity index is 1430. The Labute approximate surface area is 232 Å². The van der Waals surface area contributed by atoms with Gasteiger partial charge in [-0.05, 0) is 59.7 Å². The number of carbonyl (C=O) groups excluding carboxylic acids is 2. The number of thioether (sulfide) groups is 1. The van der Waals surface area contributed by atoms with E-state index < -0.39 is 0 Å². The lowest BCUT2D eigenvalue weighted by atomic mass is 10.2. The maximum atomic E-state index is 13.0. The van der Waals surface area contributed by atoms with E-state index in [4.69, 9.17) is 49.6 Å². The van der Waals surface area contributed by atoms with Gasteiger partial charge in [0.25, 0.3) is 11.8 Å². The second-order valence-electron chi connectivity index (χ2n) is 7.99. The van der Waals surface area contributed by atoms with Crippen LogP contribution in [0.2, 0.25) is 10.0 Å². The highest BCUT2D eigenvalue weighted by molar-refractivity contribution is 8.26. The third-order valence-corrected chi connectivity index (χ3v) is 7.33. The van der Waals surface area contributed by atoms with Gasteiger partial charge in [0.15, 0.2) is 18.1 Å². The third-order valence-electron chi connectivity index (χ3n) is 5.40. The van der Waals surface area contributed by atoms with Gasteiger partial charge in [0.1, 0.15) is 10.1 Å². The summed E-state index contributed by atoms with van der Waals surface area (Å²) < 4.78 is 16.8. The first-order chi connectivity index (χ1) is 17.9. The molecular formula is C26H18Cl2N2O5S2. The largest absolute Gasteiger partial charge is 0.484 e. The summed E-state index contributed by atoms with van der Waals surface area (Å²) in [5, 5.41) is 3.49. The number of nitrogens with zero attached hydrogens (tertiary/aromatic N) is 1. The monoisotopic (exact) mass is 572 g/mol. The Hall–Kier alpha value is -3.24. The van der Waals surface area contributed by atoms with E-state index >= 15 is 0 Å². The summed E-state index contributed by atoms with van der Waals surface area (Å²) >= 11 is 18.6. The van der Waals surface area contributed by atoms with Gasteiger partial charge in [-0.25, -0.2) is 0 Å². The Morgan fingerprint density at radius 1 is 1.08 bits per heavy atom. The molecule has 0 aromatic heterocycles. The highest BCUT2D eigenvalue weighted by atomic mass is 35.5. The van der Waals surface area contributed by atoms with Crippen LogP contribution >= 0.6 is 47.2 Å². The van der Waals surface area contributed by atoms with Crippen molar-refractivity contribution in [3.63, 3.8) is 0 Å². The van der Waals surface area contributed by atoms with Gasteiger partial charge in [0.2, 0.25) is 6.79 Å². The smallest absolute Gasteiger partial charge is 0.266 e. The normalized spacial score (nSPS) is 15.4. The Morgan fingerprint density at radius 3 is 2.65 bits per heavy atom. The summed E-state index contributed by atoms with van der Waals surface area (Å²) in [5.74, 6) is 1.33. The van der Waals surface area contributed by atoms with E-state index in [2.05, 4.69) is 5.32 Å². The number of hydrogen-bond donors (Lipinski definition) is 1. The molecule has 1 N–H and O–H groups in total. The molecule has 1 saturated heterocycles. The van der Waals surface area contributed by atoms with Crippen molar-refractivity contribution in [2.75, 3.05) is 18.7 Å². The molecule has 37 heavy (non-hydrogen) atoms. The van der Waals surface area contributed by atoms with Crippen molar-refractivity contribution < 1.29 is 23.8 Å². The van der Waals surface area contributed by atoms with Gasteiger partial charge in [-0.15, -0.1) is 0 Å². The summed E-state index contributed by atoms with van der Waals surface area (Å²) in [5.41, 5.74) is 2.14. The minimum Gasteiger partial charge on any atom is -0.484 e. The molecule has 0 aliphatic carbocycles. The second kappa shape index (κ2) is 11.0. The zero-order valence-corrected chi connectivity index (χ0v) is 22.2. The lowest BCUT2D eigenvalue weighted by Gasteiger charge is -2.14. The van der Waals surface area contributed by atoms with E-state index in [0.717, 1.165) is 11.1 Å². The van der Waals surface area contributed by atoms with Crippen LogP contribution in [0.5, 0.6) is 17.2 Å². The second-order valence-corrected chi connectivity index (χ2v) is 10.5. The molecule has 188 valence electrons. The van der Waals surface area contributed by atoms with Gasteiger partial charge < -0.3 is 19.5 Å². The molecule has 5 rings (SSSR count). The predicted octanol–water partition coefficient (Wildman–Crippen LogP) is 6.14. The van der Waals surface area contributed by atoms with Crippen molar-refractivity contribution in [1.29, 1.82) is 0 Å². The van der Waals surface area contributed by atoms with Crippen LogP contribution in [0.4, 0.5) is 5.69 Å². The molecule has 2 aliphatic rings. The highest BCUT2D eigenvalue weighted by Crippen LogP contribution is 2.36. The van der Waals surface area contributed by atoms with Crippen molar-refractivity contribution in [1.82, 2.24) is 4.90 Å². The summed E-state index contributed by atoms with van der Waals surface area (Å²) in [6.45, 7) is 0.337. The Morgan fingerprint density at radius 2 is 1.86 bits per heavy atom. The Balaban J connectivity index is 1.17. The molecule has 0 bridgehead atoms. The first kappa shape index (κ1) is 25.4. The molecule has 2 amide bonds. The molecule has 2 aliphatic heterocycles. The molecule has 3 aromatic carbocycles. The number of anilines is 1. The topological polar surface area (TPSA) is 77.1 Å². The lowest BCUT2D eigenvalue weighted by Crippen LogP contribution is -2.27. The van der Waals surface area contributed by atoms with Crippen LogP contribution in [0.25, 0.3) is 6.08 Å². The lowest BCUT2D eigenvalue weighted by molar-refractivity contribution is -0.122. The number of thiocarbonyl (C=S) groups is 1. The predicted molar refractivity (Wildman–Crippen MR) is 148 cm³/mol. The van der Waals surface area contributed by atoms with Gasteiger partial charge >= 0.3 is 0 Å². The SMILES string of the molecule is O=C(COc1ccc(/C=C2\SC(=S)N(Cc3ccc4c(c3)OCO4)C2=O)cc1)Nc1ccc(Cl)cc1Cl. The molecule has 1 fully saturated rings. The van der Waals surface area contributed by atoms with Crippen LogP contribution in [0.15, 0.2) is 65.6 Å². The number of ether oxygens (including phenoxy) is 3. The van der Waals surface area contributed by atoms with E-state index in [9.17, 15) is 9.59 Å². The van der Waals surface area contributed by atoms with Gasteiger partial charge in [-0.2, -0.15) is 0 Å². The van der Waals surface area contributed by atoms with E-state index in [1.165, 1.54) is 11.8 Å². The van der Waals surface area contributed by atoms with Gasteiger partial charge in [-0.3, -0.25) is 14.5 Å². The van der Waals surface area contributed by atoms with Gasteiger partial charge in [-0.1, -0.05) is 65.4 Å². The van der Waals surface area contributed by atoms with E-state index in [1.807, 2.05) is 18.2 Å². The first-order valence-electron chi connectivity index (χ1n) is 11.0. The number of rotatable bonds is 7. The maximum absolute atomic E-state index is 13.0. The van der Waals surface area contributed by atoms with Crippen LogP contribution in [0.3, 0.4) is 0 Å². The van der Waals surface area contributed by atoms with Crippen molar-refractivity contribution in [2.24, 2.45) is 0 Å². The minimum absolute atomic E-state index is 0.162. The van der Waals surface area contributed by atoms with Crippen molar-refractivity contribution >= 4 is 75.1 Å². The van der Waals surface area contributed by atoms with Crippen LogP contribution < -0.4 is 19.5 Å². The van der Waals surface area contributed by atoms with Crippen LogP contribution in [-0.4, -0.2) is 34.4 Å². The minimum atomic E-state index is -0.362. The molecule has 0 radical (unpaired) electrons. The van der Waals surface area contributed by atoms with E-state index in [0.29, 0.717) is 48.8 Å². The molecule has 2 heterocycles. The molecule has 0 spiro atoms. The van der Waals surface area contributed by atoms with Gasteiger partial charge in [0, 0.05) is 5.02 Å². The van der Waals surface area contributed by atoms with Crippen molar-refractivity contribution in [2.45, 2.75) is 6.54 Å². The van der Waals surface area contributed by atoms with Crippen molar-refractivity contribution in [3.05, 3.63) is 86.7 Å². The summed E-state index contributed by atoms with van der Waals surface area (Å²) in [7, 11) is 0. The number of nitrogens with one attached hydrogen (secondary N) is 1. The number of hydrogen-bond acceptors (Lipinski definition) is 7. The quantitative estimate of drug-likeness (QED) is 0.269. The number of fused-ring (bicyclic) bond motifs is 1. The Kier molecular flexibility index (Phi) is 7.57. The van der Waals surface area contributed by atoms with Crippen LogP contribution in [0.1, 0.15) is 11.1 Å². The zero-order valence-electron chi connectivity index (χ0n) is 19.0. The summed E-state index contributed by atoms with van der Waals surface area (Å²) in [4.78, 5) is 27.3. The highest BCUT2D eigenvalue weighted by Gasteiger charge is 2.32. The molecule has 11 heteroatoms. The maximum Gasteiger partial charge on any atom is 0.266 e. The van der Waals surface area contributed by atoms with Crippen LogP contribution in [-0.2, 0) is 16.1 Å². The molecule has 0 saturated carbocycles. The third kappa shape index (κ3) is 6.02. The molecule has 0 atom stereocenters. The standard InChI is InChI=1S/C26H18Cl2N2O5S2/c27-17-4-7-20(19(28)11-17)29-24(31)13-33-18-5-1-15(2-6-18)10-23-25(32)30(26(36)37-23)12-16-3-8-21-22(9-16)35-14-34-21/h1-11H,12-14H2,(H,29,31)/b23-10-. The number of benzene rings is 3. The number of halogens is 2. The fourth-order valence-electron chi connectivity index (χ4n) is 3.60. The van der Waals surface area contributed by atoms with E-state index in [1.54, 1.807) is 53.4 Å². The molecule has 7 nitrogen and oxygen atoms in total. The number of carbonyl (C=O) groups is 2. The number of amides is 2. The van der Waals surface area contributed by atoms with E-state index in [-0.39, 0.29) is 25.2 Å². The average molecular weight is 573 g/mol. The summed E-state index contributed by atoms with van der Waals surface area (Å²) in [6.07, 6.45) is 1.78. The summed E-state index contributed by atoms with van der Waals surface area (Å²) in [6, 6.07) is 17.4. The first-order valence-corrected chi connectivity index (χ1v) is 13.0. The average Bonchev–Trinajstić information content (AvgIpc) is 3.45. The van der Waals surface area contributed by atoms with Crippen molar-refractivity contribution in [3.8, 4) is 17.2 Å². The molecule has 0 unspecified atom stereocenters. The zero-order chi connectivity index (χ0) is 25.9. The van der Waals surface area contributed by atoms with Gasteiger partial charge in [0.05, 0.1) is 22.2 Å². The molecule has 3 aromatic rings. The fourth-order valence-corrected chi connectivity index (χ4v) is 5.31. The fraction of sp³-hybridized carbons (Fsp3) is 0.115. The van der Waals surface area contributed by atoms with Crippen LogP contribution in [0, 0.1) is 0 Å². The molecular weight excluding hydrogens is 555 g/mol.